The quantitative estimate of drug-likeness (QED) is 0.927. The van der Waals surface area contributed by atoms with Crippen LogP contribution in [0.15, 0.2) is 18.2 Å². The fraction of sp³-hybridized carbons (Fsp3) is 0.667. The first kappa shape index (κ1) is 15.0. The van der Waals surface area contributed by atoms with Gasteiger partial charge >= 0.3 is 0 Å². The number of piperazine rings is 1. The third kappa shape index (κ3) is 3.15. The van der Waals surface area contributed by atoms with Crippen LogP contribution in [0, 0.1) is 13.8 Å². The highest BCUT2D eigenvalue weighted by Gasteiger charge is 2.32. The number of fused-ring (bicyclic) bond motifs is 1. The van der Waals surface area contributed by atoms with Gasteiger partial charge in [-0.1, -0.05) is 24.6 Å². The molecule has 116 valence electrons. The SMILES string of the molecule is Cc1ccc(C(CN)N2CCN3CCCCC3C2)cc1C. The van der Waals surface area contributed by atoms with Gasteiger partial charge in [-0.3, -0.25) is 9.80 Å². The van der Waals surface area contributed by atoms with Crippen molar-refractivity contribution >= 4 is 0 Å². The van der Waals surface area contributed by atoms with Gasteiger partial charge in [-0.2, -0.15) is 0 Å². The van der Waals surface area contributed by atoms with Gasteiger partial charge in [-0.05, 0) is 49.9 Å². The molecule has 2 aliphatic heterocycles. The van der Waals surface area contributed by atoms with Crippen LogP contribution in [0.1, 0.15) is 42.0 Å². The summed E-state index contributed by atoms with van der Waals surface area (Å²) in [4.78, 5) is 5.31. The fourth-order valence-electron chi connectivity index (χ4n) is 3.93. The predicted octanol–water partition coefficient (Wildman–Crippen LogP) is 2.47. The van der Waals surface area contributed by atoms with Gasteiger partial charge in [0.15, 0.2) is 0 Å². The van der Waals surface area contributed by atoms with Crippen molar-refractivity contribution in [2.24, 2.45) is 5.73 Å². The molecule has 0 saturated carbocycles. The molecule has 0 spiro atoms. The second-order valence-electron chi connectivity index (χ2n) is 6.78. The van der Waals surface area contributed by atoms with E-state index >= 15 is 0 Å². The Morgan fingerprint density at radius 2 is 2.00 bits per heavy atom. The lowest BCUT2D eigenvalue weighted by atomic mass is 9.95. The van der Waals surface area contributed by atoms with Crippen molar-refractivity contribution in [3.05, 3.63) is 34.9 Å². The summed E-state index contributed by atoms with van der Waals surface area (Å²) in [6, 6.07) is 7.98. The number of nitrogens with two attached hydrogens (primary N) is 1. The molecule has 0 aromatic heterocycles. The Hall–Kier alpha value is -0.900. The minimum Gasteiger partial charge on any atom is -0.329 e. The Morgan fingerprint density at radius 3 is 2.76 bits per heavy atom. The fourth-order valence-corrected chi connectivity index (χ4v) is 3.93. The molecule has 3 heteroatoms. The second-order valence-corrected chi connectivity index (χ2v) is 6.78. The van der Waals surface area contributed by atoms with Crippen LogP contribution in [-0.2, 0) is 0 Å². The zero-order chi connectivity index (χ0) is 14.8. The summed E-state index contributed by atoms with van der Waals surface area (Å²) in [5, 5.41) is 0. The number of hydrogen-bond donors (Lipinski definition) is 1. The van der Waals surface area contributed by atoms with Gasteiger partial charge in [0.25, 0.3) is 0 Å². The summed E-state index contributed by atoms with van der Waals surface area (Å²) < 4.78 is 0. The summed E-state index contributed by atoms with van der Waals surface area (Å²) in [5.41, 5.74) is 10.3. The average Bonchev–Trinajstić information content (AvgIpc) is 2.51. The van der Waals surface area contributed by atoms with Crippen LogP contribution in [-0.4, -0.2) is 48.6 Å². The number of piperidine rings is 1. The summed E-state index contributed by atoms with van der Waals surface area (Å²) in [6.45, 7) is 9.96. The molecule has 1 aromatic rings. The molecule has 0 bridgehead atoms. The zero-order valence-electron chi connectivity index (χ0n) is 13.5. The van der Waals surface area contributed by atoms with E-state index in [-0.39, 0.29) is 0 Å². The molecule has 0 aliphatic carbocycles. The van der Waals surface area contributed by atoms with Crippen LogP contribution in [0.25, 0.3) is 0 Å². The van der Waals surface area contributed by atoms with Crippen molar-refractivity contribution in [2.75, 3.05) is 32.7 Å². The van der Waals surface area contributed by atoms with E-state index in [0.29, 0.717) is 6.04 Å². The number of nitrogens with zero attached hydrogens (tertiary/aromatic N) is 2. The number of rotatable bonds is 3. The van der Waals surface area contributed by atoms with E-state index in [1.54, 1.807) is 0 Å². The van der Waals surface area contributed by atoms with Crippen molar-refractivity contribution in [3.63, 3.8) is 0 Å². The van der Waals surface area contributed by atoms with E-state index in [1.165, 1.54) is 55.6 Å². The van der Waals surface area contributed by atoms with Crippen LogP contribution in [0.2, 0.25) is 0 Å². The summed E-state index contributed by atoms with van der Waals surface area (Å²) >= 11 is 0. The van der Waals surface area contributed by atoms with Crippen molar-refractivity contribution in [2.45, 2.75) is 45.2 Å². The predicted molar refractivity (Wildman–Crippen MR) is 88.5 cm³/mol. The van der Waals surface area contributed by atoms with E-state index in [2.05, 4.69) is 41.8 Å². The van der Waals surface area contributed by atoms with Gasteiger partial charge in [0.05, 0.1) is 0 Å². The molecule has 3 rings (SSSR count). The first-order valence-corrected chi connectivity index (χ1v) is 8.44. The monoisotopic (exact) mass is 287 g/mol. The van der Waals surface area contributed by atoms with E-state index in [9.17, 15) is 0 Å². The Bertz CT molecular complexity index is 485. The van der Waals surface area contributed by atoms with Crippen molar-refractivity contribution in [1.29, 1.82) is 0 Å². The molecule has 2 heterocycles. The van der Waals surface area contributed by atoms with E-state index < -0.39 is 0 Å². The minimum absolute atomic E-state index is 0.383. The molecule has 0 amide bonds. The van der Waals surface area contributed by atoms with E-state index in [4.69, 9.17) is 5.73 Å². The molecular weight excluding hydrogens is 258 g/mol. The molecule has 2 fully saturated rings. The van der Waals surface area contributed by atoms with Gasteiger partial charge in [0, 0.05) is 38.3 Å². The van der Waals surface area contributed by atoms with Gasteiger partial charge in [0.2, 0.25) is 0 Å². The highest BCUT2D eigenvalue weighted by atomic mass is 15.3. The lowest BCUT2D eigenvalue weighted by Gasteiger charge is -2.46. The van der Waals surface area contributed by atoms with E-state index in [1.807, 2.05) is 0 Å². The lowest BCUT2D eigenvalue weighted by Crippen LogP contribution is -2.56. The second kappa shape index (κ2) is 6.47. The normalized spacial score (nSPS) is 25.6. The van der Waals surface area contributed by atoms with Crippen molar-refractivity contribution in [1.82, 2.24) is 9.80 Å². The van der Waals surface area contributed by atoms with Gasteiger partial charge < -0.3 is 5.73 Å². The van der Waals surface area contributed by atoms with Gasteiger partial charge in [-0.15, -0.1) is 0 Å². The molecular formula is C18H29N3. The summed E-state index contributed by atoms with van der Waals surface area (Å²) in [7, 11) is 0. The standard InChI is InChI=1S/C18H29N3/c1-14-6-7-16(11-15(14)2)18(12-19)21-10-9-20-8-4-3-5-17(20)13-21/h6-7,11,17-18H,3-5,8-10,12-13,19H2,1-2H3. The van der Waals surface area contributed by atoms with Crippen LogP contribution in [0.4, 0.5) is 0 Å². The largest absolute Gasteiger partial charge is 0.329 e. The maximum absolute atomic E-state index is 6.14. The highest BCUT2D eigenvalue weighted by Crippen LogP contribution is 2.28. The molecule has 2 N–H and O–H groups in total. The minimum atomic E-state index is 0.383. The van der Waals surface area contributed by atoms with Crippen molar-refractivity contribution in [3.8, 4) is 0 Å². The summed E-state index contributed by atoms with van der Waals surface area (Å²) in [6.07, 6.45) is 4.14. The average molecular weight is 287 g/mol. The van der Waals surface area contributed by atoms with Gasteiger partial charge in [-0.25, -0.2) is 0 Å². The molecule has 2 aliphatic rings. The Labute approximate surface area is 129 Å². The number of benzene rings is 1. The maximum atomic E-state index is 6.14. The van der Waals surface area contributed by atoms with Crippen LogP contribution >= 0.6 is 0 Å². The number of aryl methyl sites for hydroxylation is 2. The Morgan fingerprint density at radius 1 is 1.14 bits per heavy atom. The third-order valence-electron chi connectivity index (χ3n) is 5.45. The van der Waals surface area contributed by atoms with Gasteiger partial charge in [0.1, 0.15) is 0 Å². The Balaban J connectivity index is 1.75. The molecule has 21 heavy (non-hydrogen) atoms. The first-order valence-electron chi connectivity index (χ1n) is 8.44. The number of hydrogen-bond acceptors (Lipinski definition) is 3. The maximum Gasteiger partial charge on any atom is 0.0471 e. The molecule has 2 saturated heterocycles. The van der Waals surface area contributed by atoms with Crippen LogP contribution in [0.5, 0.6) is 0 Å². The molecule has 1 aromatic carbocycles. The summed E-state index contributed by atoms with van der Waals surface area (Å²) in [5.74, 6) is 0. The van der Waals surface area contributed by atoms with E-state index in [0.717, 1.165) is 19.1 Å². The topological polar surface area (TPSA) is 32.5 Å². The zero-order valence-corrected chi connectivity index (χ0v) is 13.5. The third-order valence-corrected chi connectivity index (χ3v) is 5.45. The Kier molecular flexibility index (Phi) is 4.63. The smallest absolute Gasteiger partial charge is 0.0471 e. The molecule has 2 atom stereocenters. The van der Waals surface area contributed by atoms with Crippen molar-refractivity contribution < 1.29 is 0 Å². The molecule has 3 nitrogen and oxygen atoms in total. The van der Waals surface area contributed by atoms with Crippen LogP contribution in [0.3, 0.4) is 0 Å². The first-order chi connectivity index (χ1) is 10.2. The lowest BCUT2D eigenvalue weighted by molar-refractivity contribution is 0.0286. The molecule has 2 unspecified atom stereocenters. The van der Waals surface area contributed by atoms with Crippen LogP contribution < -0.4 is 5.73 Å². The molecule has 0 radical (unpaired) electrons. The highest BCUT2D eigenvalue weighted by molar-refractivity contribution is 5.32.